The molecule has 0 bridgehead atoms. The van der Waals surface area contributed by atoms with Crippen LogP contribution in [0.5, 0.6) is 0 Å². The highest BCUT2D eigenvalue weighted by Crippen LogP contribution is 2.22. The van der Waals surface area contributed by atoms with Crippen molar-refractivity contribution < 1.29 is 4.79 Å². The predicted octanol–water partition coefficient (Wildman–Crippen LogP) is 3.41. The maximum Gasteiger partial charge on any atom is 0.225 e. The summed E-state index contributed by atoms with van der Waals surface area (Å²) in [5, 5.41) is 3.82. The van der Waals surface area contributed by atoms with Crippen LogP contribution in [0.1, 0.15) is 33.6 Å². The van der Waals surface area contributed by atoms with Gasteiger partial charge in [-0.25, -0.2) is 4.98 Å². The maximum absolute atomic E-state index is 12.1. The zero-order chi connectivity index (χ0) is 17.3. The molecule has 1 aliphatic rings. The molecule has 0 saturated carbocycles. The second kappa shape index (κ2) is 6.55. The van der Waals surface area contributed by atoms with Crippen LogP contribution in [0.15, 0.2) is 24.4 Å². The first-order chi connectivity index (χ1) is 11.3. The number of carbonyl (C=O) groups is 1. The molecular weight excluding hydrogens is 324 g/mol. The van der Waals surface area contributed by atoms with Crippen LogP contribution in [0.2, 0.25) is 5.02 Å². The van der Waals surface area contributed by atoms with Crippen LogP contribution in [0, 0.1) is 5.41 Å². The Hall–Kier alpha value is -1.88. The van der Waals surface area contributed by atoms with Gasteiger partial charge in [0.15, 0.2) is 0 Å². The van der Waals surface area contributed by atoms with Crippen molar-refractivity contribution in [1.29, 1.82) is 0 Å². The van der Waals surface area contributed by atoms with E-state index < -0.39 is 0 Å². The Kier molecular flexibility index (Phi) is 4.63. The molecule has 0 unspecified atom stereocenters. The van der Waals surface area contributed by atoms with E-state index in [1.54, 1.807) is 6.20 Å². The van der Waals surface area contributed by atoms with E-state index in [0.717, 1.165) is 42.8 Å². The summed E-state index contributed by atoms with van der Waals surface area (Å²) in [4.78, 5) is 23.5. The molecule has 1 saturated heterocycles. The van der Waals surface area contributed by atoms with Crippen LogP contribution in [0.4, 0.5) is 5.82 Å². The molecule has 1 aromatic heterocycles. The van der Waals surface area contributed by atoms with Crippen molar-refractivity contribution in [2.75, 3.05) is 18.0 Å². The van der Waals surface area contributed by atoms with E-state index in [9.17, 15) is 4.79 Å². The average Bonchev–Trinajstić information content (AvgIpc) is 2.54. The van der Waals surface area contributed by atoms with E-state index >= 15 is 0 Å². The minimum Gasteiger partial charge on any atom is -0.355 e. The predicted molar refractivity (Wildman–Crippen MR) is 97.4 cm³/mol. The topological polar surface area (TPSA) is 58.1 Å². The van der Waals surface area contributed by atoms with Gasteiger partial charge in [-0.05, 0) is 31.0 Å². The number of nitrogens with one attached hydrogen (secondary N) is 1. The third-order valence-corrected chi connectivity index (χ3v) is 4.56. The van der Waals surface area contributed by atoms with Gasteiger partial charge in [-0.15, -0.1) is 0 Å². The summed E-state index contributed by atoms with van der Waals surface area (Å²) < 4.78 is 0. The lowest BCUT2D eigenvalue weighted by Gasteiger charge is -2.34. The Labute approximate surface area is 147 Å². The quantitative estimate of drug-likeness (QED) is 0.905. The van der Waals surface area contributed by atoms with Crippen molar-refractivity contribution in [2.45, 2.75) is 39.7 Å². The van der Waals surface area contributed by atoms with Gasteiger partial charge >= 0.3 is 0 Å². The van der Waals surface area contributed by atoms with E-state index in [2.05, 4.69) is 20.2 Å². The zero-order valence-electron chi connectivity index (χ0n) is 14.3. The van der Waals surface area contributed by atoms with E-state index in [4.69, 9.17) is 11.6 Å². The molecular formula is C18H23ClN4O. The summed E-state index contributed by atoms with van der Waals surface area (Å²) >= 11 is 5.98. The van der Waals surface area contributed by atoms with E-state index in [1.807, 2.05) is 39.0 Å². The number of benzene rings is 1. The molecule has 1 amide bonds. The highest BCUT2D eigenvalue weighted by atomic mass is 35.5. The van der Waals surface area contributed by atoms with Gasteiger partial charge in [0.25, 0.3) is 0 Å². The van der Waals surface area contributed by atoms with Gasteiger partial charge in [-0.3, -0.25) is 9.78 Å². The standard InChI is InChI=1S/C18H23ClN4O/c1-18(2,3)17(24)21-13-6-8-23(9-7-13)16-11-20-15-10-12(19)4-5-14(15)22-16/h4-5,10-11,13H,6-9H2,1-3H3,(H,21,24). The number of rotatable bonds is 2. The molecule has 2 aromatic rings. The minimum atomic E-state index is -0.345. The molecule has 5 nitrogen and oxygen atoms in total. The van der Waals surface area contributed by atoms with E-state index in [0.29, 0.717) is 5.02 Å². The Bertz CT molecular complexity index is 748. The number of aromatic nitrogens is 2. The summed E-state index contributed by atoms with van der Waals surface area (Å²) in [6.07, 6.45) is 3.64. The van der Waals surface area contributed by atoms with Gasteiger partial charge in [0.1, 0.15) is 5.82 Å². The fraction of sp³-hybridized carbons (Fsp3) is 0.500. The lowest BCUT2D eigenvalue weighted by atomic mass is 9.94. The first kappa shape index (κ1) is 17.0. The highest BCUT2D eigenvalue weighted by molar-refractivity contribution is 6.31. The molecule has 0 spiro atoms. The number of hydrogen-bond acceptors (Lipinski definition) is 4. The lowest BCUT2D eigenvalue weighted by Crippen LogP contribution is -2.47. The van der Waals surface area contributed by atoms with Gasteiger partial charge in [0.05, 0.1) is 17.2 Å². The number of carbonyl (C=O) groups excluding carboxylic acids is 1. The molecule has 0 aliphatic carbocycles. The first-order valence-corrected chi connectivity index (χ1v) is 8.69. The average molecular weight is 347 g/mol. The van der Waals surface area contributed by atoms with Crippen LogP contribution in [-0.4, -0.2) is 35.0 Å². The minimum absolute atomic E-state index is 0.114. The molecule has 1 aromatic carbocycles. The summed E-state index contributed by atoms with van der Waals surface area (Å²) in [5.41, 5.74) is 1.31. The number of amides is 1. The molecule has 3 rings (SSSR count). The van der Waals surface area contributed by atoms with Crippen molar-refractivity contribution in [3.8, 4) is 0 Å². The first-order valence-electron chi connectivity index (χ1n) is 8.31. The van der Waals surface area contributed by atoms with Gasteiger partial charge in [0.2, 0.25) is 5.91 Å². The molecule has 0 radical (unpaired) electrons. The number of nitrogens with zero attached hydrogens (tertiary/aromatic N) is 3. The normalized spacial score (nSPS) is 16.4. The Morgan fingerprint density at radius 1 is 1.25 bits per heavy atom. The molecule has 1 aliphatic heterocycles. The third-order valence-electron chi connectivity index (χ3n) is 4.33. The fourth-order valence-corrected chi connectivity index (χ4v) is 2.95. The molecule has 24 heavy (non-hydrogen) atoms. The van der Waals surface area contributed by atoms with Gasteiger partial charge in [-0.2, -0.15) is 0 Å². The molecule has 6 heteroatoms. The van der Waals surface area contributed by atoms with Gasteiger partial charge in [-0.1, -0.05) is 32.4 Å². The molecule has 0 atom stereocenters. The zero-order valence-corrected chi connectivity index (χ0v) is 15.1. The monoisotopic (exact) mass is 346 g/mol. The third kappa shape index (κ3) is 3.78. The van der Waals surface area contributed by atoms with Gasteiger partial charge < -0.3 is 10.2 Å². The molecule has 1 N–H and O–H groups in total. The van der Waals surface area contributed by atoms with Crippen LogP contribution in [0.25, 0.3) is 11.0 Å². The number of anilines is 1. The van der Waals surface area contributed by atoms with E-state index in [-0.39, 0.29) is 17.4 Å². The van der Waals surface area contributed by atoms with Crippen molar-refractivity contribution >= 4 is 34.4 Å². The van der Waals surface area contributed by atoms with Crippen molar-refractivity contribution in [1.82, 2.24) is 15.3 Å². The Balaban J connectivity index is 1.64. The fourth-order valence-electron chi connectivity index (χ4n) is 2.78. The lowest BCUT2D eigenvalue weighted by molar-refractivity contribution is -0.129. The SMILES string of the molecule is CC(C)(C)C(=O)NC1CCN(c2cnc3cc(Cl)ccc3n2)CC1. The van der Waals surface area contributed by atoms with Crippen molar-refractivity contribution in [3.63, 3.8) is 0 Å². The van der Waals surface area contributed by atoms with Crippen LogP contribution < -0.4 is 10.2 Å². The summed E-state index contributed by atoms with van der Waals surface area (Å²) in [5.74, 6) is 0.994. The molecule has 128 valence electrons. The smallest absolute Gasteiger partial charge is 0.225 e. The van der Waals surface area contributed by atoms with Crippen LogP contribution in [0.3, 0.4) is 0 Å². The molecule has 1 fully saturated rings. The van der Waals surface area contributed by atoms with Crippen LogP contribution in [-0.2, 0) is 4.79 Å². The number of piperidine rings is 1. The summed E-state index contributed by atoms with van der Waals surface area (Å²) in [6, 6.07) is 5.78. The summed E-state index contributed by atoms with van der Waals surface area (Å²) in [6.45, 7) is 7.54. The Morgan fingerprint density at radius 2 is 1.96 bits per heavy atom. The maximum atomic E-state index is 12.1. The second-order valence-corrected chi connectivity index (χ2v) is 7.78. The Morgan fingerprint density at radius 3 is 2.62 bits per heavy atom. The van der Waals surface area contributed by atoms with Crippen molar-refractivity contribution in [3.05, 3.63) is 29.4 Å². The van der Waals surface area contributed by atoms with E-state index in [1.165, 1.54) is 0 Å². The van der Waals surface area contributed by atoms with Crippen LogP contribution >= 0.6 is 11.6 Å². The number of halogens is 1. The van der Waals surface area contributed by atoms with Crippen molar-refractivity contribution in [2.24, 2.45) is 5.41 Å². The summed E-state index contributed by atoms with van der Waals surface area (Å²) in [7, 11) is 0. The number of fused-ring (bicyclic) bond motifs is 1. The number of hydrogen-bond donors (Lipinski definition) is 1. The molecule has 2 heterocycles. The second-order valence-electron chi connectivity index (χ2n) is 7.35. The largest absolute Gasteiger partial charge is 0.355 e. The van der Waals surface area contributed by atoms with Gasteiger partial charge in [0, 0.05) is 29.6 Å². The highest BCUT2D eigenvalue weighted by Gasteiger charge is 2.27.